The third-order valence-electron chi connectivity index (χ3n) is 7.94. The molecule has 3 aromatic carbocycles. The van der Waals surface area contributed by atoms with E-state index in [0.29, 0.717) is 18.9 Å². The Kier molecular flexibility index (Phi) is 13.8. The number of ether oxygens (including phenoxy) is 1. The Morgan fingerprint density at radius 1 is 0.905 bits per heavy atom. The minimum absolute atomic E-state index is 0.0894. The number of phenols is 1. The summed E-state index contributed by atoms with van der Waals surface area (Å²) in [6, 6.07) is 24.5. The Bertz CT molecular complexity index is 1310. The predicted octanol–water partition coefficient (Wildman–Crippen LogP) is 8.77. The van der Waals surface area contributed by atoms with E-state index in [4.69, 9.17) is 10.5 Å². The zero-order chi connectivity index (χ0) is 31.3. The fourth-order valence-electron chi connectivity index (χ4n) is 5.55. The molecule has 4 aromatic rings. The van der Waals surface area contributed by atoms with Crippen molar-refractivity contribution in [1.82, 2.24) is 4.98 Å². The number of nitrogens with one attached hydrogen (secondary N) is 1. The quantitative estimate of drug-likeness (QED) is 0.166. The van der Waals surface area contributed by atoms with Crippen molar-refractivity contribution in [1.29, 1.82) is 0 Å². The highest BCUT2D eigenvalue weighted by Gasteiger charge is 2.36. The number of phenolic OH excluding ortho intramolecular Hbond substituents is 1. The average molecular weight is 573 g/mol. The van der Waals surface area contributed by atoms with Gasteiger partial charge in [0.25, 0.3) is 0 Å². The summed E-state index contributed by atoms with van der Waals surface area (Å²) in [7, 11) is 0. The molecule has 1 heterocycles. The molecule has 0 amide bonds. The summed E-state index contributed by atoms with van der Waals surface area (Å²) in [5.74, 6) is 0.477. The number of carbonyl (C=O) groups is 1. The first-order chi connectivity index (χ1) is 20.1. The fourth-order valence-corrected chi connectivity index (χ4v) is 5.55. The maximum absolute atomic E-state index is 11.4. The maximum atomic E-state index is 11.4. The first kappa shape index (κ1) is 34.6. The normalized spacial score (nSPS) is 12.4. The SMILES string of the molecule is CC.CCCC(CC)C(C)(c1ccc(C)cc1)c1ccc(C)cc1.CCOC(=O)[C@@H](N)Cc1cc2cc(O)ccc2[nH]1. The van der Waals surface area contributed by atoms with Gasteiger partial charge in [0.1, 0.15) is 11.8 Å². The number of hydrogen-bond acceptors (Lipinski definition) is 4. The molecule has 4 rings (SSSR count). The van der Waals surface area contributed by atoms with E-state index in [9.17, 15) is 9.90 Å². The highest BCUT2D eigenvalue weighted by atomic mass is 16.5. The highest BCUT2D eigenvalue weighted by molar-refractivity contribution is 5.82. The van der Waals surface area contributed by atoms with Gasteiger partial charge in [-0.2, -0.15) is 0 Å². The Hall–Kier alpha value is -3.57. The zero-order valence-electron chi connectivity index (χ0n) is 27.0. The number of aromatic amines is 1. The molecule has 0 spiro atoms. The molecule has 2 atom stereocenters. The summed E-state index contributed by atoms with van der Waals surface area (Å²) in [6.07, 6.45) is 4.11. The molecule has 0 bridgehead atoms. The van der Waals surface area contributed by atoms with Crippen LogP contribution in [0.15, 0.2) is 72.8 Å². The van der Waals surface area contributed by atoms with Crippen LogP contribution in [0, 0.1) is 19.8 Å². The number of esters is 1. The van der Waals surface area contributed by atoms with Crippen molar-refractivity contribution in [2.24, 2.45) is 11.7 Å². The van der Waals surface area contributed by atoms with Crippen LogP contribution in [0.3, 0.4) is 0 Å². The lowest BCUT2D eigenvalue weighted by Gasteiger charge is -2.39. The van der Waals surface area contributed by atoms with Crippen molar-refractivity contribution in [2.75, 3.05) is 6.61 Å². The number of aromatic hydroxyl groups is 1. The molecule has 1 unspecified atom stereocenters. The minimum Gasteiger partial charge on any atom is -0.508 e. The molecule has 5 heteroatoms. The Labute approximate surface area is 253 Å². The predicted molar refractivity (Wildman–Crippen MR) is 177 cm³/mol. The molecule has 0 saturated heterocycles. The van der Waals surface area contributed by atoms with E-state index in [2.05, 4.69) is 88.1 Å². The van der Waals surface area contributed by atoms with Gasteiger partial charge in [-0.15, -0.1) is 0 Å². The summed E-state index contributed by atoms with van der Waals surface area (Å²) in [4.78, 5) is 14.6. The zero-order valence-corrected chi connectivity index (χ0v) is 27.0. The lowest BCUT2D eigenvalue weighted by Crippen LogP contribution is -2.34. The number of aryl methyl sites for hydroxylation is 2. The molecular weight excluding hydrogens is 520 g/mol. The largest absolute Gasteiger partial charge is 0.508 e. The number of H-pyrrole nitrogens is 1. The van der Waals surface area contributed by atoms with Crippen LogP contribution < -0.4 is 5.73 Å². The highest BCUT2D eigenvalue weighted by Crippen LogP contribution is 2.43. The summed E-state index contributed by atoms with van der Waals surface area (Å²) in [5.41, 5.74) is 13.1. The van der Waals surface area contributed by atoms with Gasteiger partial charge in [-0.1, -0.05) is 107 Å². The molecular formula is C37H52N2O3. The number of aromatic nitrogens is 1. The summed E-state index contributed by atoms with van der Waals surface area (Å²) in [5, 5.41) is 10.3. The molecule has 42 heavy (non-hydrogen) atoms. The van der Waals surface area contributed by atoms with Crippen molar-refractivity contribution < 1.29 is 14.6 Å². The van der Waals surface area contributed by atoms with E-state index in [1.807, 2.05) is 19.9 Å². The molecule has 0 saturated carbocycles. The standard InChI is InChI=1S/C22H30.C13H16N2O3.C2H6/c1-6-8-19(7-2)22(5,20-13-9-17(3)10-14-20)21-15-11-18(4)12-16-21;1-2-18-13(17)11(14)7-9-5-8-6-10(16)3-4-12(8)15-9;1-2/h9-16,19H,6-8H2,1-5H3;3-6,11,15-16H,2,7,14H2,1H3;1-2H3/t;11-;/m.0./s1. The van der Waals surface area contributed by atoms with Crippen LogP contribution in [0.1, 0.15) is 88.8 Å². The second-order valence-electron chi connectivity index (χ2n) is 11.0. The van der Waals surface area contributed by atoms with Gasteiger partial charge in [0, 0.05) is 28.4 Å². The van der Waals surface area contributed by atoms with E-state index < -0.39 is 12.0 Å². The molecule has 228 valence electrons. The number of rotatable bonds is 10. The van der Waals surface area contributed by atoms with Gasteiger partial charge in [-0.05, 0) is 68.5 Å². The van der Waals surface area contributed by atoms with E-state index >= 15 is 0 Å². The van der Waals surface area contributed by atoms with E-state index in [1.165, 1.54) is 41.5 Å². The van der Waals surface area contributed by atoms with Crippen LogP contribution in [0.5, 0.6) is 5.75 Å². The average Bonchev–Trinajstić information content (AvgIpc) is 3.39. The van der Waals surface area contributed by atoms with Crippen molar-refractivity contribution in [3.05, 3.63) is 101 Å². The van der Waals surface area contributed by atoms with Crippen molar-refractivity contribution in [2.45, 2.75) is 92.5 Å². The molecule has 0 aliphatic rings. The second kappa shape index (κ2) is 16.8. The molecule has 0 radical (unpaired) electrons. The van der Waals surface area contributed by atoms with E-state index in [-0.39, 0.29) is 11.2 Å². The van der Waals surface area contributed by atoms with Crippen molar-refractivity contribution >= 4 is 16.9 Å². The number of nitrogens with two attached hydrogens (primary N) is 1. The number of carbonyl (C=O) groups excluding carboxylic acids is 1. The van der Waals surface area contributed by atoms with Gasteiger partial charge >= 0.3 is 5.97 Å². The Morgan fingerprint density at radius 2 is 1.45 bits per heavy atom. The number of fused-ring (bicyclic) bond motifs is 1. The molecule has 0 aliphatic heterocycles. The van der Waals surface area contributed by atoms with Gasteiger partial charge in [-0.3, -0.25) is 4.79 Å². The van der Waals surface area contributed by atoms with Crippen LogP contribution in [0.2, 0.25) is 0 Å². The van der Waals surface area contributed by atoms with Gasteiger partial charge in [0.2, 0.25) is 0 Å². The van der Waals surface area contributed by atoms with Crippen LogP contribution in [-0.2, 0) is 21.4 Å². The van der Waals surface area contributed by atoms with Gasteiger partial charge in [0.15, 0.2) is 0 Å². The van der Waals surface area contributed by atoms with Crippen molar-refractivity contribution in [3.8, 4) is 5.75 Å². The lowest BCUT2D eigenvalue weighted by atomic mass is 9.65. The Morgan fingerprint density at radius 3 is 1.93 bits per heavy atom. The summed E-state index contributed by atoms with van der Waals surface area (Å²) >= 11 is 0. The first-order valence-corrected chi connectivity index (χ1v) is 15.5. The first-order valence-electron chi connectivity index (χ1n) is 15.5. The molecule has 0 fully saturated rings. The van der Waals surface area contributed by atoms with E-state index in [1.54, 1.807) is 25.1 Å². The smallest absolute Gasteiger partial charge is 0.323 e. The minimum atomic E-state index is -0.674. The maximum Gasteiger partial charge on any atom is 0.323 e. The van der Waals surface area contributed by atoms with Crippen LogP contribution in [0.25, 0.3) is 10.9 Å². The van der Waals surface area contributed by atoms with Crippen LogP contribution in [-0.4, -0.2) is 28.7 Å². The fraction of sp³-hybridized carbons (Fsp3) is 0.432. The summed E-state index contributed by atoms with van der Waals surface area (Å²) in [6.45, 7) is 17.5. The van der Waals surface area contributed by atoms with Crippen molar-refractivity contribution in [3.63, 3.8) is 0 Å². The molecule has 4 N–H and O–H groups in total. The molecule has 0 aliphatic carbocycles. The monoisotopic (exact) mass is 572 g/mol. The molecule has 5 nitrogen and oxygen atoms in total. The number of benzene rings is 3. The Balaban J connectivity index is 0.000000282. The second-order valence-corrected chi connectivity index (χ2v) is 11.0. The van der Waals surface area contributed by atoms with E-state index in [0.717, 1.165) is 16.6 Å². The topological polar surface area (TPSA) is 88.3 Å². The van der Waals surface area contributed by atoms with Gasteiger partial charge < -0.3 is 20.6 Å². The third-order valence-corrected chi connectivity index (χ3v) is 7.94. The van der Waals surface area contributed by atoms with Crippen LogP contribution >= 0.6 is 0 Å². The van der Waals surface area contributed by atoms with Gasteiger partial charge in [0.05, 0.1) is 6.61 Å². The molecule has 1 aromatic heterocycles. The van der Waals surface area contributed by atoms with Crippen LogP contribution in [0.4, 0.5) is 0 Å². The summed E-state index contributed by atoms with van der Waals surface area (Å²) < 4.78 is 4.85. The third kappa shape index (κ3) is 8.96. The lowest BCUT2D eigenvalue weighted by molar-refractivity contribution is -0.144. The number of hydrogen-bond donors (Lipinski definition) is 3. The van der Waals surface area contributed by atoms with Gasteiger partial charge in [-0.25, -0.2) is 0 Å².